The fourth-order valence-corrected chi connectivity index (χ4v) is 3.94. The summed E-state index contributed by atoms with van der Waals surface area (Å²) in [7, 11) is 0. The van der Waals surface area contributed by atoms with Crippen LogP contribution in [0.4, 0.5) is 10.3 Å². The zero-order valence-electron chi connectivity index (χ0n) is 15.0. The first-order chi connectivity index (χ1) is 13.5. The predicted octanol–water partition coefficient (Wildman–Crippen LogP) is 2.88. The van der Waals surface area contributed by atoms with Crippen molar-refractivity contribution in [3.05, 3.63) is 77.0 Å². The van der Waals surface area contributed by atoms with E-state index in [9.17, 15) is 9.18 Å². The van der Waals surface area contributed by atoms with Crippen molar-refractivity contribution < 1.29 is 9.18 Å². The molecule has 0 radical (unpaired) electrons. The van der Waals surface area contributed by atoms with Crippen molar-refractivity contribution >= 4 is 23.6 Å². The Morgan fingerprint density at radius 3 is 2.75 bits per heavy atom. The van der Waals surface area contributed by atoms with Crippen molar-refractivity contribution in [2.24, 2.45) is 5.73 Å². The van der Waals surface area contributed by atoms with Gasteiger partial charge in [-0.05, 0) is 36.2 Å². The minimum Gasteiger partial charge on any atom is -0.366 e. The van der Waals surface area contributed by atoms with Crippen LogP contribution < -0.4 is 11.1 Å². The fourth-order valence-electron chi connectivity index (χ4n) is 3.12. The lowest BCUT2D eigenvalue weighted by atomic mass is 9.96. The number of thioether (sulfide) groups is 1. The third-order valence-electron chi connectivity index (χ3n) is 4.44. The first-order valence-corrected chi connectivity index (χ1v) is 9.53. The van der Waals surface area contributed by atoms with Crippen molar-refractivity contribution in [2.45, 2.75) is 23.9 Å². The maximum atomic E-state index is 13.9. The molecule has 0 saturated carbocycles. The summed E-state index contributed by atoms with van der Waals surface area (Å²) in [5.74, 6) is 0.0969. The number of carbonyl (C=O) groups excluding carboxylic acids is 1. The highest BCUT2D eigenvalue weighted by Crippen LogP contribution is 2.36. The first kappa shape index (κ1) is 18.2. The van der Waals surface area contributed by atoms with Crippen LogP contribution in [0.5, 0.6) is 0 Å². The molecule has 1 aromatic carbocycles. The van der Waals surface area contributed by atoms with Gasteiger partial charge in [-0.15, -0.1) is 5.10 Å². The van der Waals surface area contributed by atoms with Crippen molar-refractivity contribution in [2.75, 3.05) is 5.32 Å². The maximum Gasteiger partial charge on any atom is 0.248 e. The van der Waals surface area contributed by atoms with Crippen LogP contribution in [0.1, 0.15) is 24.1 Å². The zero-order chi connectivity index (χ0) is 19.7. The van der Waals surface area contributed by atoms with Crippen LogP contribution in [-0.4, -0.2) is 25.7 Å². The largest absolute Gasteiger partial charge is 0.366 e. The molecule has 0 spiro atoms. The van der Waals surface area contributed by atoms with E-state index < -0.39 is 11.9 Å². The SMILES string of the molecule is CC1=C(C(N)=O)[C@H](c2ccncc2)n2nc(SCc3ccccc3F)nc2N1. The van der Waals surface area contributed by atoms with Crippen LogP contribution in [0.15, 0.2) is 65.2 Å². The fraction of sp³-hybridized carbons (Fsp3) is 0.158. The number of aromatic nitrogens is 4. The van der Waals surface area contributed by atoms with Gasteiger partial charge in [0, 0.05) is 23.8 Å². The smallest absolute Gasteiger partial charge is 0.248 e. The molecule has 28 heavy (non-hydrogen) atoms. The number of fused-ring (bicyclic) bond motifs is 1. The number of halogens is 1. The Morgan fingerprint density at radius 1 is 1.29 bits per heavy atom. The predicted molar refractivity (Wildman–Crippen MR) is 104 cm³/mol. The van der Waals surface area contributed by atoms with Gasteiger partial charge in [-0.1, -0.05) is 30.0 Å². The Kier molecular flexibility index (Phi) is 4.82. The quantitative estimate of drug-likeness (QED) is 0.644. The number of anilines is 1. The molecule has 4 rings (SSSR count). The summed E-state index contributed by atoms with van der Waals surface area (Å²) in [5.41, 5.74) is 8.07. The highest BCUT2D eigenvalue weighted by atomic mass is 32.2. The Labute approximate surface area is 164 Å². The molecule has 0 unspecified atom stereocenters. The molecule has 3 heterocycles. The maximum absolute atomic E-state index is 13.9. The Hall–Kier alpha value is -3.20. The van der Waals surface area contributed by atoms with Crippen LogP contribution in [0, 0.1) is 5.82 Å². The van der Waals surface area contributed by atoms with E-state index in [1.54, 1.807) is 42.2 Å². The monoisotopic (exact) mass is 396 g/mol. The van der Waals surface area contributed by atoms with Crippen LogP contribution >= 0.6 is 11.8 Å². The number of benzene rings is 1. The second-order valence-corrected chi connectivity index (χ2v) is 7.20. The highest BCUT2D eigenvalue weighted by molar-refractivity contribution is 7.98. The number of rotatable bonds is 5. The van der Waals surface area contributed by atoms with E-state index >= 15 is 0 Å². The van der Waals surface area contributed by atoms with Crippen molar-refractivity contribution in [3.63, 3.8) is 0 Å². The summed E-state index contributed by atoms with van der Waals surface area (Å²) in [6, 6.07) is 9.71. The normalized spacial score (nSPS) is 15.9. The van der Waals surface area contributed by atoms with E-state index in [4.69, 9.17) is 5.73 Å². The van der Waals surface area contributed by atoms with Crippen molar-refractivity contribution in [1.29, 1.82) is 0 Å². The second-order valence-electron chi connectivity index (χ2n) is 6.25. The molecule has 142 valence electrons. The van der Waals surface area contributed by atoms with Gasteiger partial charge >= 0.3 is 0 Å². The van der Waals surface area contributed by atoms with Gasteiger partial charge in [0.2, 0.25) is 17.0 Å². The zero-order valence-corrected chi connectivity index (χ0v) is 15.8. The van der Waals surface area contributed by atoms with E-state index in [-0.39, 0.29) is 5.82 Å². The highest BCUT2D eigenvalue weighted by Gasteiger charge is 2.33. The van der Waals surface area contributed by atoms with Gasteiger partial charge in [0.25, 0.3) is 0 Å². The average molecular weight is 396 g/mol. The third kappa shape index (κ3) is 3.36. The molecule has 3 aromatic rings. The number of pyridine rings is 1. The molecule has 0 saturated heterocycles. The van der Waals surface area contributed by atoms with E-state index in [2.05, 4.69) is 20.4 Å². The lowest BCUT2D eigenvalue weighted by Crippen LogP contribution is -2.31. The van der Waals surface area contributed by atoms with Gasteiger partial charge in [0.15, 0.2) is 0 Å². The van der Waals surface area contributed by atoms with Crippen LogP contribution in [-0.2, 0) is 10.5 Å². The summed E-state index contributed by atoms with van der Waals surface area (Å²) < 4.78 is 15.5. The minimum absolute atomic E-state index is 0.264. The molecule has 2 aromatic heterocycles. The molecule has 7 nitrogen and oxygen atoms in total. The summed E-state index contributed by atoms with van der Waals surface area (Å²) >= 11 is 1.32. The first-order valence-electron chi connectivity index (χ1n) is 8.55. The molecule has 1 atom stereocenters. The van der Waals surface area contributed by atoms with E-state index in [0.717, 1.165) is 5.56 Å². The number of nitrogens with zero attached hydrogens (tertiary/aromatic N) is 4. The van der Waals surface area contributed by atoms with Gasteiger partial charge < -0.3 is 11.1 Å². The number of nitrogens with one attached hydrogen (secondary N) is 1. The summed E-state index contributed by atoms with van der Waals surface area (Å²) in [4.78, 5) is 20.6. The summed E-state index contributed by atoms with van der Waals surface area (Å²) in [5, 5.41) is 8.10. The molecule has 0 bridgehead atoms. The number of hydrogen-bond donors (Lipinski definition) is 2. The number of amides is 1. The molecule has 1 aliphatic rings. The third-order valence-corrected chi connectivity index (χ3v) is 5.32. The van der Waals surface area contributed by atoms with Gasteiger partial charge in [0.05, 0.1) is 5.57 Å². The number of hydrogen-bond acceptors (Lipinski definition) is 6. The van der Waals surface area contributed by atoms with E-state index in [0.29, 0.717) is 33.7 Å². The van der Waals surface area contributed by atoms with Gasteiger partial charge in [-0.25, -0.2) is 9.07 Å². The Balaban J connectivity index is 1.68. The summed E-state index contributed by atoms with van der Waals surface area (Å²) in [6.07, 6.45) is 3.30. The van der Waals surface area contributed by atoms with Crippen LogP contribution in [0.3, 0.4) is 0 Å². The van der Waals surface area contributed by atoms with E-state index in [1.807, 2.05) is 12.1 Å². The Morgan fingerprint density at radius 2 is 2.04 bits per heavy atom. The molecule has 1 aliphatic heterocycles. The molecule has 9 heteroatoms. The number of nitrogens with two attached hydrogens (primary N) is 1. The topological polar surface area (TPSA) is 98.7 Å². The van der Waals surface area contributed by atoms with Gasteiger partial charge in [0.1, 0.15) is 11.9 Å². The van der Waals surface area contributed by atoms with Gasteiger partial charge in [-0.2, -0.15) is 4.98 Å². The number of carbonyl (C=O) groups is 1. The Bertz CT molecular complexity index is 1070. The molecule has 1 amide bonds. The minimum atomic E-state index is -0.534. The van der Waals surface area contributed by atoms with Crippen LogP contribution in [0.25, 0.3) is 0 Å². The van der Waals surface area contributed by atoms with Crippen molar-refractivity contribution in [3.8, 4) is 0 Å². The number of allylic oxidation sites excluding steroid dienone is 1. The van der Waals surface area contributed by atoms with Crippen LogP contribution in [0.2, 0.25) is 0 Å². The lowest BCUT2D eigenvalue weighted by Gasteiger charge is -2.27. The number of primary amides is 1. The molecular weight excluding hydrogens is 379 g/mol. The average Bonchev–Trinajstić information content (AvgIpc) is 3.09. The molecular formula is C19H17FN6OS. The van der Waals surface area contributed by atoms with E-state index in [1.165, 1.54) is 17.8 Å². The molecule has 3 N–H and O–H groups in total. The summed E-state index contributed by atoms with van der Waals surface area (Å²) in [6.45, 7) is 1.78. The molecule has 0 aliphatic carbocycles. The standard InChI is InChI=1S/C19H17FN6OS/c1-11-15(17(21)27)16(12-6-8-22-9-7-12)26-18(23-11)24-19(25-26)28-10-13-4-2-3-5-14(13)20/h2-9,16H,10H2,1H3,(H2,21,27)(H,23,24,25)/t16-/m0/s1. The second kappa shape index (κ2) is 7.43. The van der Waals surface area contributed by atoms with Crippen molar-refractivity contribution in [1.82, 2.24) is 19.7 Å². The van der Waals surface area contributed by atoms with Gasteiger partial charge in [-0.3, -0.25) is 9.78 Å². The lowest BCUT2D eigenvalue weighted by molar-refractivity contribution is -0.115. The molecule has 0 fully saturated rings.